The Hall–Kier alpha value is -7.77. The molecule has 0 radical (unpaired) electrons. The van der Waals surface area contributed by atoms with Gasteiger partial charge in [0.15, 0.2) is 0 Å². The summed E-state index contributed by atoms with van der Waals surface area (Å²) in [4.78, 5) is 21.0. The smallest absolute Gasteiger partial charge is 0.0728 e. The number of aromatic amines is 2. The quantitative estimate of drug-likeness (QED) is 0.137. The Morgan fingerprint density at radius 1 is 0.414 bits per heavy atom. The van der Waals surface area contributed by atoms with Crippen molar-refractivity contribution in [2.24, 2.45) is 0 Å². The molecule has 3 aliphatic rings. The van der Waals surface area contributed by atoms with Crippen LogP contribution in [0.2, 0.25) is 0 Å². The summed E-state index contributed by atoms with van der Waals surface area (Å²) in [7, 11) is 0. The van der Waals surface area contributed by atoms with E-state index in [1.165, 1.54) is 32.3 Å². The number of H-pyrrole nitrogens is 2. The minimum absolute atomic E-state index is 0.115. The number of nitrogens with one attached hydrogen (secondary N) is 4. The lowest BCUT2D eigenvalue weighted by Crippen LogP contribution is -2.31. The number of allylic oxidation sites excluding steroid dienone is 2. The maximum Gasteiger partial charge on any atom is 0.0728 e. The molecule has 0 saturated heterocycles. The monoisotopic (exact) mass is 745 g/mol. The Balaban J connectivity index is 1.17. The van der Waals surface area contributed by atoms with Gasteiger partial charge in [0, 0.05) is 93.0 Å². The molecule has 5 aromatic heterocycles. The van der Waals surface area contributed by atoms with E-state index in [0.717, 1.165) is 78.0 Å². The molecule has 0 amide bonds. The average Bonchev–Trinajstić information content (AvgIpc) is 4.13. The molecule has 4 aromatic carbocycles. The Labute approximate surface area is 333 Å². The van der Waals surface area contributed by atoms with Crippen LogP contribution in [-0.2, 0) is 0 Å². The second-order valence-electron chi connectivity index (χ2n) is 15.1. The van der Waals surface area contributed by atoms with Crippen molar-refractivity contribution in [2.75, 3.05) is 0 Å². The van der Waals surface area contributed by atoms with Crippen LogP contribution in [0.4, 0.5) is 0 Å². The lowest BCUT2D eigenvalue weighted by atomic mass is 9.88. The number of benzene rings is 4. The molecule has 274 valence electrons. The van der Waals surface area contributed by atoms with E-state index in [4.69, 9.17) is 0 Å². The summed E-state index contributed by atoms with van der Waals surface area (Å²) in [6, 6.07) is 41.3. The number of nitrogens with zero attached hydrogens (tertiary/aromatic N) is 3. The highest BCUT2D eigenvalue weighted by Gasteiger charge is 2.28. The zero-order chi connectivity index (χ0) is 38.2. The van der Waals surface area contributed by atoms with E-state index in [-0.39, 0.29) is 12.1 Å². The summed E-state index contributed by atoms with van der Waals surface area (Å²) in [6.45, 7) is 0. The van der Waals surface area contributed by atoms with Crippen molar-refractivity contribution in [3.05, 3.63) is 232 Å². The van der Waals surface area contributed by atoms with Gasteiger partial charge < -0.3 is 20.6 Å². The van der Waals surface area contributed by atoms with E-state index >= 15 is 0 Å². The van der Waals surface area contributed by atoms with Gasteiger partial charge in [0.2, 0.25) is 0 Å². The third-order valence-electron chi connectivity index (χ3n) is 11.9. The van der Waals surface area contributed by atoms with Crippen LogP contribution in [0.25, 0.3) is 54.6 Å². The lowest BCUT2D eigenvalue weighted by Gasteiger charge is -2.20. The van der Waals surface area contributed by atoms with Crippen LogP contribution in [0.3, 0.4) is 0 Å². The molecule has 2 unspecified atom stereocenters. The number of pyridine rings is 3. The Morgan fingerprint density at radius 3 is 1.52 bits per heavy atom. The highest BCUT2D eigenvalue weighted by atomic mass is 15.0. The van der Waals surface area contributed by atoms with E-state index in [9.17, 15) is 0 Å². The van der Waals surface area contributed by atoms with Gasteiger partial charge in [-0.25, -0.2) is 0 Å². The first-order valence-electron chi connectivity index (χ1n) is 19.6. The molecule has 4 N–H and O–H groups in total. The predicted octanol–water partition coefficient (Wildman–Crippen LogP) is 8.11. The average molecular weight is 746 g/mol. The Morgan fingerprint density at radius 2 is 0.914 bits per heavy atom. The highest BCUT2D eigenvalue weighted by Crippen LogP contribution is 2.41. The standard InChI is InChI=1S/C51H35N7/c1-2-30-4-5-32-7-9-37(36-8-6-31(3-1)46(30)47(32)36)51-44-16-14-42(57-44)49(34-20-26-53-27-21-34)40-12-10-38(55-40)48(33-18-24-52-25-19-33)39-11-13-41(56-39)50(35-22-28-54-29-23-35)43-15-17-45(51)58-43/h1-29,38,43,55-58H/b48-39?,49-40-,50-41-,51-45-. The summed E-state index contributed by atoms with van der Waals surface area (Å²) in [5.41, 5.74) is 13.0. The first-order chi connectivity index (χ1) is 28.7. The minimum atomic E-state index is -0.131. The fourth-order valence-corrected chi connectivity index (χ4v) is 9.39. The van der Waals surface area contributed by atoms with Crippen LogP contribution < -0.4 is 21.3 Å². The fraction of sp³-hybridized carbons (Fsp3) is 0.0392. The van der Waals surface area contributed by atoms with Crippen molar-refractivity contribution in [1.29, 1.82) is 0 Å². The first kappa shape index (κ1) is 32.5. The molecule has 7 heteroatoms. The van der Waals surface area contributed by atoms with Gasteiger partial charge in [0.25, 0.3) is 0 Å². The van der Waals surface area contributed by atoms with Crippen LogP contribution in [0.15, 0.2) is 188 Å². The van der Waals surface area contributed by atoms with Crippen molar-refractivity contribution >= 4 is 54.6 Å². The molecule has 8 bridgehead atoms. The molecule has 2 atom stereocenters. The molecule has 9 aromatic rings. The summed E-state index contributed by atoms with van der Waals surface area (Å²) in [5.74, 6) is 0. The van der Waals surface area contributed by atoms with Gasteiger partial charge in [-0.3, -0.25) is 15.0 Å². The van der Waals surface area contributed by atoms with E-state index in [2.05, 4.69) is 175 Å². The second-order valence-corrected chi connectivity index (χ2v) is 15.1. The summed E-state index contributed by atoms with van der Waals surface area (Å²) in [6.07, 6.45) is 20.2. The summed E-state index contributed by atoms with van der Waals surface area (Å²) < 4.78 is 0. The summed E-state index contributed by atoms with van der Waals surface area (Å²) >= 11 is 0. The van der Waals surface area contributed by atoms with Crippen LogP contribution in [0.5, 0.6) is 0 Å². The minimum Gasteiger partial charge on any atom is -0.374 e. The predicted molar refractivity (Wildman–Crippen MR) is 233 cm³/mol. The van der Waals surface area contributed by atoms with Crippen molar-refractivity contribution in [3.63, 3.8) is 0 Å². The zero-order valence-electron chi connectivity index (χ0n) is 31.2. The molecular formula is C51H35N7. The second kappa shape index (κ2) is 12.9. The van der Waals surface area contributed by atoms with Gasteiger partial charge in [-0.05, 0) is 127 Å². The molecule has 0 fully saturated rings. The van der Waals surface area contributed by atoms with Crippen molar-refractivity contribution < 1.29 is 0 Å². The van der Waals surface area contributed by atoms with Crippen LogP contribution in [-0.4, -0.2) is 37.0 Å². The van der Waals surface area contributed by atoms with Crippen molar-refractivity contribution in [3.8, 4) is 0 Å². The lowest BCUT2D eigenvalue weighted by molar-refractivity contribution is 0.849. The number of hydrogen-bond donors (Lipinski definition) is 4. The van der Waals surface area contributed by atoms with E-state index in [0.29, 0.717) is 0 Å². The van der Waals surface area contributed by atoms with E-state index in [1.807, 2.05) is 37.2 Å². The SMILES string of the molecule is C1=CC2N/C1=C(/c1ccncc1)c1ccc([nH]1)/C(c1ccc3ccc4cccc5ccc1c3c45)=C1/C=CC(N1)/C(c1ccncc1)=c1/ccc([nH]1)=C2c1ccncc1. The van der Waals surface area contributed by atoms with Crippen molar-refractivity contribution in [1.82, 2.24) is 35.6 Å². The zero-order valence-corrected chi connectivity index (χ0v) is 31.2. The Kier molecular flexibility index (Phi) is 7.22. The molecule has 8 heterocycles. The highest BCUT2D eigenvalue weighted by molar-refractivity contribution is 6.25. The third kappa shape index (κ3) is 5.10. The molecule has 58 heavy (non-hydrogen) atoms. The molecule has 3 aliphatic heterocycles. The van der Waals surface area contributed by atoms with Crippen LogP contribution in [0, 0.1) is 0 Å². The van der Waals surface area contributed by atoms with Gasteiger partial charge >= 0.3 is 0 Å². The maximum absolute atomic E-state index is 4.39. The van der Waals surface area contributed by atoms with Gasteiger partial charge in [-0.1, -0.05) is 66.7 Å². The largest absolute Gasteiger partial charge is 0.374 e. The van der Waals surface area contributed by atoms with E-state index < -0.39 is 0 Å². The maximum atomic E-state index is 4.39. The van der Waals surface area contributed by atoms with E-state index in [1.54, 1.807) is 0 Å². The molecule has 0 spiro atoms. The molecule has 7 nitrogen and oxygen atoms in total. The normalized spacial score (nSPS) is 21.0. The molecule has 0 aliphatic carbocycles. The fourth-order valence-electron chi connectivity index (χ4n) is 9.39. The number of aromatic nitrogens is 5. The number of fused-ring (bicyclic) bond motifs is 8. The van der Waals surface area contributed by atoms with Gasteiger partial charge in [0.05, 0.1) is 12.1 Å². The third-order valence-corrected chi connectivity index (χ3v) is 11.9. The van der Waals surface area contributed by atoms with Crippen LogP contribution >= 0.6 is 0 Å². The topological polar surface area (TPSA) is 94.3 Å². The molecule has 0 saturated carbocycles. The van der Waals surface area contributed by atoms with Gasteiger partial charge in [0.1, 0.15) is 0 Å². The molecular weight excluding hydrogens is 711 g/mol. The van der Waals surface area contributed by atoms with Crippen molar-refractivity contribution in [2.45, 2.75) is 12.1 Å². The molecule has 12 rings (SSSR count). The first-order valence-corrected chi connectivity index (χ1v) is 19.6. The summed E-state index contributed by atoms with van der Waals surface area (Å²) in [5, 5.41) is 17.6. The number of rotatable bonds is 4. The Bertz CT molecular complexity index is 3320. The van der Waals surface area contributed by atoms with Gasteiger partial charge in [-0.15, -0.1) is 0 Å². The van der Waals surface area contributed by atoms with Crippen LogP contribution in [0.1, 0.15) is 33.6 Å². The van der Waals surface area contributed by atoms with Gasteiger partial charge in [-0.2, -0.15) is 0 Å². The number of hydrogen-bond acceptors (Lipinski definition) is 5.